The van der Waals surface area contributed by atoms with Crippen molar-refractivity contribution in [2.45, 2.75) is 53.2 Å². The highest BCUT2D eigenvalue weighted by atomic mass is 35.5. The first-order valence-corrected chi connectivity index (χ1v) is 9.56. The molecular formula is C22H31ClN2. The molecule has 1 atom stereocenters. The normalized spacial score (nSPS) is 12.6. The van der Waals surface area contributed by atoms with Crippen molar-refractivity contribution in [3.8, 4) is 0 Å². The van der Waals surface area contributed by atoms with Gasteiger partial charge >= 0.3 is 0 Å². The Morgan fingerprint density at radius 3 is 2.24 bits per heavy atom. The summed E-state index contributed by atoms with van der Waals surface area (Å²) in [5.41, 5.74) is 5.00. The lowest BCUT2D eigenvalue weighted by atomic mass is 10.0. The largest absolute Gasteiger partial charge is 0.311 e. The third kappa shape index (κ3) is 7.19. The maximum Gasteiger partial charge on any atom is 0.0453 e. The lowest BCUT2D eigenvalue weighted by molar-refractivity contribution is 0.396. The molecule has 0 aliphatic carbocycles. The monoisotopic (exact) mass is 358 g/mol. The minimum absolute atomic E-state index is 0.433. The van der Waals surface area contributed by atoms with Gasteiger partial charge in [0, 0.05) is 30.7 Å². The van der Waals surface area contributed by atoms with Crippen molar-refractivity contribution in [3.63, 3.8) is 0 Å². The average molecular weight is 359 g/mol. The standard InChI is InChI=1S/C22H31ClN2/c1-16(2)11-21(15-24-13-19-8-5-17(3)6-9-19)25-14-20-10-7-18(4)12-22(20)23/h5-10,12,16,21,24-25H,11,13-15H2,1-4H3. The number of nitrogens with one attached hydrogen (secondary N) is 2. The molecule has 0 aliphatic rings. The van der Waals surface area contributed by atoms with E-state index in [1.165, 1.54) is 22.3 Å². The number of aryl methyl sites for hydroxylation is 2. The summed E-state index contributed by atoms with van der Waals surface area (Å²) in [7, 11) is 0. The van der Waals surface area contributed by atoms with Crippen LogP contribution in [0.25, 0.3) is 0 Å². The van der Waals surface area contributed by atoms with E-state index in [-0.39, 0.29) is 0 Å². The van der Waals surface area contributed by atoms with Crippen molar-refractivity contribution in [2.24, 2.45) is 5.92 Å². The van der Waals surface area contributed by atoms with Gasteiger partial charge in [-0.25, -0.2) is 0 Å². The van der Waals surface area contributed by atoms with Gasteiger partial charge in [-0.05, 0) is 48.9 Å². The highest BCUT2D eigenvalue weighted by Gasteiger charge is 2.11. The molecule has 2 N–H and O–H groups in total. The second-order valence-electron chi connectivity index (χ2n) is 7.42. The lowest BCUT2D eigenvalue weighted by Gasteiger charge is -2.22. The summed E-state index contributed by atoms with van der Waals surface area (Å²) in [6.07, 6.45) is 1.14. The van der Waals surface area contributed by atoms with E-state index in [0.29, 0.717) is 12.0 Å². The molecule has 0 fully saturated rings. The summed E-state index contributed by atoms with van der Waals surface area (Å²) in [4.78, 5) is 0. The fraction of sp³-hybridized carbons (Fsp3) is 0.455. The van der Waals surface area contributed by atoms with E-state index in [1.807, 2.05) is 6.07 Å². The van der Waals surface area contributed by atoms with Gasteiger partial charge in [-0.15, -0.1) is 0 Å². The summed E-state index contributed by atoms with van der Waals surface area (Å²) in [6.45, 7) is 11.4. The Morgan fingerprint density at radius 1 is 0.920 bits per heavy atom. The molecule has 2 aromatic rings. The molecule has 2 nitrogen and oxygen atoms in total. The van der Waals surface area contributed by atoms with Gasteiger partial charge in [-0.1, -0.05) is 67.4 Å². The van der Waals surface area contributed by atoms with Gasteiger partial charge in [-0.3, -0.25) is 0 Å². The van der Waals surface area contributed by atoms with Crippen molar-refractivity contribution in [3.05, 3.63) is 69.7 Å². The molecule has 0 saturated carbocycles. The van der Waals surface area contributed by atoms with E-state index in [4.69, 9.17) is 11.6 Å². The van der Waals surface area contributed by atoms with Crippen LogP contribution in [0.5, 0.6) is 0 Å². The summed E-state index contributed by atoms with van der Waals surface area (Å²) in [6, 6.07) is 15.4. The number of rotatable bonds is 9. The second kappa shape index (κ2) is 9.96. The topological polar surface area (TPSA) is 24.1 Å². The van der Waals surface area contributed by atoms with Crippen molar-refractivity contribution in [1.29, 1.82) is 0 Å². The van der Waals surface area contributed by atoms with Crippen LogP contribution in [-0.4, -0.2) is 12.6 Å². The first-order valence-electron chi connectivity index (χ1n) is 9.18. The minimum Gasteiger partial charge on any atom is -0.311 e. The molecule has 0 bridgehead atoms. The molecule has 0 saturated heterocycles. The second-order valence-corrected chi connectivity index (χ2v) is 7.83. The van der Waals surface area contributed by atoms with Crippen molar-refractivity contribution in [2.75, 3.05) is 6.54 Å². The molecular weight excluding hydrogens is 328 g/mol. The van der Waals surface area contributed by atoms with Gasteiger partial charge in [0.2, 0.25) is 0 Å². The van der Waals surface area contributed by atoms with Gasteiger partial charge in [0.1, 0.15) is 0 Å². The Labute approximate surface area is 158 Å². The maximum absolute atomic E-state index is 6.36. The van der Waals surface area contributed by atoms with Crippen LogP contribution in [-0.2, 0) is 13.1 Å². The number of halogens is 1. The van der Waals surface area contributed by atoms with E-state index in [9.17, 15) is 0 Å². The summed E-state index contributed by atoms with van der Waals surface area (Å²) in [5, 5.41) is 8.12. The summed E-state index contributed by atoms with van der Waals surface area (Å²) in [5.74, 6) is 0.659. The van der Waals surface area contributed by atoms with Crippen LogP contribution in [0, 0.1) is 19.8 Å². The fourth-order valence-electron chi connectivity index (χ4n) is 2.95. The highest BCUT2D eigenvalue weighted by molar-refractivity contribution is 6.31. The Bertz CT molecular complexity index is 650. The number of hydrogen-bond acceptors (Lipinski definition) is 2. The predicted molar refractivity (Wildman–Crippen MR) is 109 cm³/mol. The van der Waals surface area contributed by atoms with Gasteiger partial charge in [0.05, 0.1) is 0 Å². The van der Waals surface area contributed by atoms with Crippen LogP contribution in [0.1, 0.15) is 42.5 Å². The summed E-state index contributed by atoms with van der Waals surface area (Å²) >= 11 is 6.36. The van der Waals surface area contributed by atoms with Gasteiger partial charge < -0.3 is 10.6 Å². The van der Waals surface area contributed by atoms with E-state index in [0.717, 1.165) is 31.1 Å². The van der Waals surface area contributed by atoms with Crippen molar-refractivity contribution < 1.29 is 0 Å². The van der Waals surface area contributed by atoms with Crippen molar-refractivity contribution >= 4 is 11.6 Å². The Kier molecular flexibility index (Phi) is 7.95. The zero-order chi connectivity index (χ0) is 18.2. The van der Waals surface area contributed by atoms with Crippen LogP contribution >= 0.6 is 11.6 Å². The number of hydrogen-bond donors (Lipinski definition) is 2. The molecule has 0 aromatic heterocycles. The Balaban J connectivity index is 1.86. The lowest BCUT2D eigenvalue weighted by Crippen LogP contribution is -2.39. The number of benzene rings is 2. The third-order valence-electron chi connectivity index (χ3n) is 4.39. The van der Waals surface area contributed by atoms with E-state index >= 15 is 0 Å². The molecule has 3 heteroatoms. The maximum atomic E-state index is 6.36. The van der Waals surface area contributed by atoms with Gasteiger partial charge in [0.25, 0.3) is 0 Å². The quantitative estimate of drug-likeness (QED) is 0.639. The van der Waals surface area contributed by atoms with Crippen molar-refractivity contribution in [1.82, 2.24) is 10.6 Å². The molecule has 136 valence electrons. The molecule has 0 aliphatic heterocycles. The molecule has 0 amide bonds. The van der Waals surface area contributed by atoms with Crippen LogP contribution in [0.3, 0.4) is 0 Å². The zero-order valence-corrected chi connectivity index (χ0v) is 16.7. The zero-order valence-electron chi connectivity index (χ0n) is 15.9. The smallest absolute Gasteiger partial charge is 0.0453 e. The fourth-order valence-corrected chi connectivity index (χ4v) is 3.26. The Morgan fingerprint density at radius 2 is 1.60 bits per heavy atom. The van der Waals surface area contributed by atoms with Crippen LogP contribution in [0.15, 0.2) is 42.5 Å². The molecule has 0 heterocycles. The van der Waals surface area contributed by atoms with E-state index in [1.54, 1.807) is 0 Å². The summed E-state index contributed by atoms with van der Waals surface area (Å²) < 4.78 is 0. The first-order chi connectivity index (χ1) is 11.9. The third-order valence-corrected chi connectivity index (χ3v) is 4.74. The highest BCUT2D eigenvalue weighted by Crippen LogP contribution is 2.18. The van der Waals surface area contributed by atoms with Crippen LogP contribution in [0.4, 0.5) is 0 Å². The average Bonchev–Trinajstić information content (AvgIpc) is 2.55. The Hall–Kier alpha value is -1.35. The minimum atomic E-state index is 0.433. The molecule has 0 spiro atoms. The molecule has 1 unspecified atom stereocenters. The van der Waals surface area contributed by atoms with E-state index in [2.05, 4.69) is 74.7 Å². The molecule has 25 heavy (non-hydrogen) atoms. The predicted octanol–water partition coefficient (Wildman–Crippen LogP) is 5.25. The van der Waals surface area contributed by atoms with Crippen LogP contribution < -0.4 is 10.6 Å². The van der Waals surface area contributed by atoms with Crippen LogP contribution in [0.2, 0.25) is 5.02 Å². The molecule has 0 radical (unpaired) electrons. The SMILES string of the molecule is Cc1ccc(CNCC(CC(C)C)NCc2ccc(C)cc2Cl)cc1. The van der Waals surface area contributed by atoms with Gasteiger partial charge in [0.15, 0.2) is 0 Å². The van der Waals surface area contributed by atoms with Gasteiger partial charge in [-0.2, -0.15) is 0 Å². The molecule has 2 rings (SSSR count). The molecule has 2 aromatic carbocycles. The first kappa shape index (κ1) is 20.0. The van der Waals surface area contributed by atoms with E-state index < -0.39 is 0 Å².